The first-order valence-corrected chi connectivity index (χ1v) is 12.3. The van der Waals surface area contributed by atoms with Gasteiger partial charge >= 0.3 is 7.82 Å². The molecule has 11 heteroatoms. The maximum absolute atomic E-state index is 12.3. The van der Waals surface area contributed by atoms with Gasteiger partial charge in [-0.25, -0.2) is 7.42 Å². The highest BCUT2D eigenvalue weighted by Gasteiger charge is 2.31. The van der Waals surface area contributed by atoms with Gasteiger partial charge in [0.05, 0.1) is 6.61 Å². The van der Waals surface area contributed by atoms with E-state index in [1.165, 1.54) is 40.1 Å². The van der Waals surface area contributed by atoms with Crippen molar-refractivity contribution in [2.24, 2.45) is 11.8 Å². The molecule has 0 spiro atoms. The Labute approximate surface area is 184 Å². The van der Waals surface area contributed by atoms with Crippen molar-refractivity contribution < 1.29 is 31.2 Å². The van der Waals surface area contributed by atoms with Gasteiger partial charge in [0.25, 0.3) is 11.8 Å². The number of phosphoric ester groups is 1. The van der Waals surface area contributed by atoms with E-state index in [4.69, 9.17) is 9.42 Å². The Hall–Kier alpha value is -0.810. The fraction of sp³-hybridized carbons (Fsp3) is 0.722. The van der Waals surface area contributed by atoms with Crippen LogP contribution in [0, 0.1) is 11.8 Å². The Morgan fingerprint density at radius 3 is 2.38 bits per heavy atom. The van der Waals surface area contributed by atoms with Crippen molar-refractivity contribution in [3.05, 3.63) is 12.2 Å². The summed E-state index contributed by atoms with van der Waals surface area (Å²) in [5, 5.41) is 2.97. The Morgan fingerprint density at radius 1 is 1.14 bits per heavy atom. The predicted molar refractivity (Wildman–Crippen MR) is 114 cm³/mol. The number of nitrogens with zero attached hydrogens (tertiary/aromatic N) is 1. The van der Waals surface area contributed by atoms with Crippen LogP contribution in [-0.2, 0) is 26.3 Å². The molecule has 0 aromatic heterocycles. The zero-order chi connectivity index (χ0) is 21.3. The number of carbonyl (C=O) groups excluding carboxylic acids is 3. The summed E-state index contributed by atoms with van der Waals surface area (Å²) in [6, 6.07) is 0. The average molecular weight is 542 g/mol. The highest BCUT2D eigenvalue weighted by molar-refractivity contribution is 14.1. The van der Waals surface area contributed by atoms with Crippen molar-refractivity contribution in [2.45, 2.75) is 51.4 Å². The molecule has 1 saturated carbocycles. The summed E-state index contributed by atoms with van der Waals surface area (Å²) in [5.41, 5.74) is 0. The van der Waals surface area contributed by atoms with Crippen LogP contribution in [0.1, 0.15) is 51.4 Å². The van der Waals surface area contributed by atoms with Crippen molar-refractivity contribution in [3.8, 4) is 0 Å². The maximum atomic E-state index is 12.3. The number of phosphoric acid groups is 1. The highest BCUT2D eigenvalue weighted by atomic mass is 127. The standard InChI is InChI=1S/C18H28IN2O7P/c19-28-29(25,26)27-12-4-2-1-3-11-20-18(24)15-7-5-14(6-8-15)13-21-16(22)9-10-17(21)23/h9-10,14-15H,1-8,11-13H2,(H,20,24)(H,25,26). The van der Waals surface area contributed by atoms with Crippen molar-refractivity contribution in [1.29, 1.82) is 0 Å². The summed E-state index contributed by atoms with van der Waals surface area (Å²) in [5.74, 6) is -0.159. The minimum absolute atomic E-state index is 0.00488. The summed E-state index contributed by atoms with van der Waals surface area (Å²) >= 11 is 1.34. The number of hydrogen-bond acceptors (Lipinski definition) is 6. The molecule has 3 amide bonds. The van der Waals surface area contributed by atoms with Gasteiger partial charge < -0.3 is 10.2 Å². The van der Waals surface area contributed by atoms with Crippen LogP contribution in [0.15, 0.2) is 12.2 Å². The van der Waals surface area contributed by atoms with E-state index >= 15 is 0 Å². The average Bonchev–Trinajstić information content (AvgIpc) is 3.02. The van der Waals surface area contributed by atoms with Gasteiger partial charge in [0.2, 0.25) is 5.91 Å². The van der Waals surface area contributed by atoms with Gasteiger partial charge in [-0.1, -0.05) is 12.8 Å². The van der Waals surface area contributed by atoms with Crippen LogP contribution in [0.2, 0.25) is 0 Å². The Morgan fingerprint density at radius 2 is 1.76 bits per heavy atom. The van der Waals surface area contributed by atoms with E-state index in [0.29, 0.717) is 19.5 Å². The molecule has 1 fully saturated rings. The Kier molecular flexibility index (Phi) is 10.2. The van der Waals surface area contributed by atoms with E-state index in [2.05, 4.69) is 8.17 Å². The fourth-order valence-corrected chi connectivity index (χ4v) is 4.35. The second-order valence-corrected chi connectivity index (χ2v) is 9.93. The Balaban J connectivity index is 1.51. The monoisotopic (exact) mass is 542 g/mol. The lowest BCUT2D eigenvalue weighted by molar-refractivity contribution is -0.138. The minimum atomic E-state index is -3.89. The third-order valence-corrected chi connectivity index (χ3v) is 7.45. The van der Waals surface area contributed by atoms with Crippen LogP contribution in [0.25, 0.3) is 0 Å². The molecule has 2 rings (SSSR count). The zero-order valence-electron chi connectivity index (χ0n) is 16.3. The van der Waals surface area contributed by atoms with Gasteiger partial charge in [-0.15, -0.1) is 0 Å². The number of carbonyl (C=O) groups is 3. The van der Waals surface area contributed by atoms with E-state index in [0.717, 1.165) is 44.9 Å². The molecule has 0 bridgehead atoms. The van der Waals surface area contributed by atoms with Gasteiger partial charge in [0.1, 0.15) is 23.0 Å². The minimum Gasteiger partial charge on any atom is -0.356 e. The number of nitrogens with one attached hydrogen (secondary N) is 1. The van der Waals surface area contributed by atoms with Gasteiger partial charge in [-0.2, -0.15) is 0 Å². The molecule has 0 aromatic carbocycles. The topological polar surface area (TPSA) is 122 Å². The Bertz CT molecular complexity index is 647. The molecule has 2 N–H and O–H groups in total. The molecular formula is C18H28IN2O7P. The predicted octanol–water partition coefficient (Wildman–Crippen LogP) is 2.88. The summed E-state index contributed by atoms with van der Waals surface area (Å²) in [4.78, 5) is 45.9. The fourth-order valence-electron chi connectivity index (χ4n) is 3.61. The molecular weight excluding hydrogens is 514 g/mol. The molecule has 1 heterocycles. The number of rotatable bonds is 12. The van der Waals surface area contributed by atoms with Crippen molar-refractivity contribution in [3.63, 3.8) is 0 Å². The normalized spacial score (nSPS) is 24.0. The molecule has 1 unspecified atom stereocenters. The molecule has 0 aromatic rings. The molecule has 0 saturated heterocycles. The first kappa shape index (κ1) is 24.5. The van der Waals surface area contributed by atoms with Gasteiger partial charge in [0, 0.05) is 31.2 Å². The molecule has 29 heavy (non-hydrogen) atoms. The molecule has 1 aliphatic heterocycles. The van der Waals surface area contributed by atoms with Crippen LogP contribution < -0.4 is 5.32 Å². The lowest BCUT2D eigenvalue weighted by Gasteiger charge is -2.30. The number of amides is 3. The quantitative estimate of drug-likeness (QED) is 0.168. The van der Waals surface area contributed by atoms with Gasteiger partial charge in [-0.3, -0.25) is 23.8 Å². The summed E-state index contributed by atoms with van der Waals surface area (Å²) in [6.45, 7) is 1.22. The third kappa shape index (κ3) is 8.45. The van der Waals surface area contributed by atoms with Crippen LogP contribution in [0.4, 0.5) is 0 Å². The van der Waals surface area contributed by atoms with Crippen molar-refractivity contribution >= 4 is 48.6 Å². The highest BCUT2D eigenvalue weighted by Crippen LogP contribution is 2.45. The van der Waals surface area contributed by atoms with E-state index < -0.39 is 7.82 Å². The van der Waals surface area contributed by atoms with Crippen LogP contribution >= 0.6 is 30.8 Å². The molecule has 0 radical (unpaired) electrons. The second kappa shape index (κ2) is 12.1. The summed E-state index contributed by atoms with van der Waals surface area (Å²) in [7, 11) is -3.89. The van der Waals surface area contributed by atoms with E-state index in [1.54, 1.807) is 0 Å². The van der Waals surface area contributed by atoms with Crippen LogP contribution in [0.3, 0.4) is 0 Å². The second-order valence-electron chi connectivity index (χ2n) is 7.41. The largest absolute Gasteiger partial charge is 0.481 e. The molecule has 9 nitrogen and oxygen atoms in total. The molecule has 1 aliphatic carbocycles. The van der Waals surface area contributed by atoms with Crippen molar-refractivity contribution in [1.82, 2.24) is 10.2 Å². The lowest BCUT2D eigenvalue weighted by atomic mass is 9.81. The van der Waals surface area contributed by atoms with Gasteiger partial charge in [0.15, 0.2) is 0 Å². The van der Waals surface area contributed by atoms with E-state index in [-0.39, 0.29) is 36.2 Å². The SMILES string of the molecule is O=C(NCCCCCCOP(=O)(O)OI)C1CCC(CN2C(=O)C=CC2=O)CC1. The third-order valence-electron chi connectivity index (χ3n) is 5.27. The summed E-state index contributed by atoms with van der Waals surface area (Å²) < 4.78 is 20.1. The summed E-state index contributed by atoms with van der Waals surface area (Å²) in [6.07, 6.45) is 9.06. The van der Waals surface area contributed by atoms with E-state index in [1.807, 2.05) is 0 Å². The van der Waals surface area contributed by atoms with Crippen LogP contribution in [0.5, 0.6) is 0 Å². The smallest absolute Gasteiger partial charge is 0.356 e. The van der Waals surface area contributed by atoms with Gasteiger partial charge in [-0.05, 0) is 44.4 Å². The number of halogens is 1. The lowest BCUT2D eigenvalue weighted by Crippen LogP contribution is -2.38. The van der Waals surface area contributed by atoms with E-state index in [9.17, 15) is 18.9 Å². The van der Waals surface area contributed by atoms with Crippen LogP contribution in [-0.4, -0.2) is 47.2 Å². The van der Waals surface area contributed by atoms with Crippen molar-refractivity contribution in [2.75, 3.05) is 19.7 Å². The first-order chi connectivity index (χ1) is 13.8. The maximum Gasteiger partial charge on any atom is 0.481 e. The first-order valence-electron chi connectivity index (χ1n) is 9.91. The number of hydrogen-bond donors (Lipinski definition) is 2. The molecule has 1 atom stereocenters. The number of unbranched alkanes of at least 4 members (excludes halogenated alkanes) is 3. The molecule has 2 aliphatic rings. The molecule has 164 valence electrons. The zero-order valence-corrected chi connectivity index (χ0v) is 19.3. The number of imide groups is 1.